The van der Waals surface area contributed by atoms with Crippen LogP contribution in [-0.2, 0) is 14.6 Å². The van der Waals surface area contributed by atoms with Crippen molar-refractivity contribution in [1.29, 1.82) is 0 Å². The second kappa shape index (κ2) is 7.04. The van der Waals surface area contributed by atoms with Crippen molar-refractivity contribution in [3.63, 3.8) is 0 Å². The number of sulfone groups is 1. The van der Waals surface area contributed by atoms with E-state index in [4.69, 9.17) is 0 Å². The van der Waals surface area contributed by atoms with Crippen LogP contribution in [0.5, 0.6) is 0 Å². The molecule has 0 aromatic heterocycles. The number of rotatable bonds is 5. The third-order valence-electron chi connectivity index (χ3n) is 3.98. The lowest BCUT2D eigenvalue weighted by Gasteiger charge is -2.30. The highest BCUT2D eigenvalue weighted by atomic mass is 32.2. The standard InChI is InChI=1S/C15H22N2O3S/c1-16-15(18)13-7-9-17(10-8-13)11-12-21(19,20)14-5-3-2-4-6-14/h2-6,13H,7-12H2,1H3,(H,16,18). The molecular formula is C15H22N2O3S. The first-order valence-electron chi connectivity index (χ1n) is 7.24. The van der Waals surface area contributed by atoms with E-state index in [1.165, 1.54) is 0 Å². The molecule has 1 aromatic carbocycles. The van der Waals surface area contributed by atoms with Gasteiger partial charge < -0.3 is 10.2 Å². The van der Waals surface area contributed by atoms with Crippen LogP contribution in [0.15, 0.2) is 35.2 Å². The van der Waals surface area contributed by atoms with Crippen LogP contribution in [0.3, 0.4) is 0 Å². The van der Waals surface area contributed by atoms with Crippen molar-refractivity contribution in [2.75, 3.05) is 32.4 Å². The van der Waals surface area contributed by atoms with Crippen molar-refractivity contribution in [3.05, 3.63) is 30.3 Å². The molecule has 2 rings (SSSR count). The van der Waals surface area contributed by atoms with Crippen LogP contribution in [-0.4, -0.2) is 51.7 Å². The predicted molar refractivity (Wildman–Crippen MR) is 81.7 cm³/mol. The normalized spacial score (nSPS) is 17.6. The molecule has 21 heavy (non-hydrogen) atoms. The van der Waals surface area contributed by atoms with E-state index >= 15 is 0 Å². The van der Waals surface area contributed by atoms with Crippen LogP contribution in [0.2, 0.25) is 0 Å². The fourth-order valence-electron chi connectivity index (χ4n) is 2.62. The Labute approximate surface area is 126 Å². The molecule has 1 N–H and O–H groups in total. The van der Waals surface area contributed by atoms with Crippen molar-refractivity contribution in [3.8, 4) is 0 Å². The molecule has 0 radical (unpaired) electrons. The molecule has 1 aliphatic rings. The summed E-state index contributed by atoms with van der Waals surface area (Å²) < 4.78 is 24.4. The number of carbonyl (C=O) groups excluding carboxylic acids is 1. The molecular weight excluding hydrogens is 288 g/mol. The molecule has 0 spiro atoms. The van der Waals surface area contributed by atoms with Gasteiger partial charge in [-0.15, -0.1) is 0 Å². The van der Waals surface area contributed by atoms with E-state index < -0.39 is 9.84 Å². The van der Waals surface area contributed by atoms with Gasteiger partial charge in [0.25, 0.3) is 0 Å². The van der Waals surface area contributed by atoms with Crippen LogP contribution in [0.1, 0.15) is 12.8 Å². The van der Waals surface area contributed by atoms with Crippen molar-refractivity contribution < 1.29 is 13.2 Å². The van der Waals surface area contributed by atoms with E-state index in [-0.39, 0.29) is 17.6 Å². The summed E-state index contributed by atoms with van der Waals surface area (Å²) in [6.45, 7) is 2.09. The van der Waals surface area contributed by atoms with E-state index in [1.54, 1.807) is 31.3 Å². The Morgan fingerprint density at radius 3 is 2.43 bits per heavy atom. The molecule has 1 saturated heterocycles. The van der Waals surface area contributed by atoms with Gasteiger partial charge in [0.05, 0.1) is 10.6 Å². The smallest absolute Gasteiger partial charge is 0.222 e. The molecule has 1 amide bonds. The summed E-state index contributed by atoms with van der Waals surface area (Å²) in [5.74, 6) is 0.283. The maximum absolute atomic E-state index is 12.2. The first-order valence-corrected chi connectivity index (χ1v) is 8.90. The molecule has 1 aliphatic heterocycles. The maximum Gasteiger partial charge on any atom is 0.222 e. The third-order valence-corrected chi connectivity index (χ3v) is 5.69. The number of hydrogen-bond donors (Lipinski definition) is 1. The average molecular weight is 310 g/mol. The van der Waals surface area contributed by atoms with Gasteiger partial charge in [0.2, 0.25) is 5.91 Å². The van der Waals surface area contributed by atoms with Gasteiger partial charge in [-0.3, -0.25) is 4.79 Å². The van der Waals surface area contributed by atoms with Crippen molar-refractivity contribution in [2.24, 2.45) is 5.92 Å². The van der Waals surface area contributed by atoms with Crippen LogP contribution in [0, 0.1) is 5.92 Å². The maximum atomic E-state index is 12.2. The number of benzene rings is 1. The topological polar surface area (TPSA) is 66.5 Å². The highest BCUT2D eigenvalue weighted by Crippen LogP contribution is 2.18. The summed E-state index contributed by atoms with van der Waals surface area (Å²) in [5, 5.41) is 2.67. The highest BCUT2D eigenvalue weighted by molar-refractivity contribution is 7.91. The third kappa shape index (κ3) is 4.28. The Kier molecular flexibility index (Phi) is 5.36. The second-order valence-corrected chi connectivity index (χ2v) is 7.47. The Bertz CT molecular complexity index is 564. The van der Waals surface area contributed by atoms with Gasteiger partial charge in [0.15, 0.2) is 9.84 Å². The molecule has 0 atom stereocenters. The summed E-state index contributed by atoms with van der Waals surface area (Å²) in [4.78, 5) is 14.1. The Morgan fingerprint density at radius 2 is 1.86 bits per heavy atom. The molecule has 5 nitrogen and oxygen atoms in total. The summed E-state index contributed by atoms with van der Waals surface area (Å²) in [6, 6.07) is 8.55. The van der Waals surface area contributed by atoms with E-state index in [0.29, 0.717) is 11.4 Å². The predicted octanol–water partition coefficient (Wildman–Crippen LogP) is 0.918. The fraction of sp³-hybridized carbons (Fsp3) is 0.533. The number of nitrogens with zero attached hydrogens (tertiary/aromatic N) is 1. The summed E-state index contributed by atoms with van der Waals surface area (Å²) in [6.07, 6.45) is 1.59. The number of likely N-dealkylation sites (tertiary alicyclic amines) is 1. The number of carbonyl (C=O) groups is 1. The van der Waals surface area contributed by atoms with Gasteiger partial charge in [-0.25, -0.2) is 8.42 Å². The molecule has 116 valence electrons. The fourth-order valence-corrected chi connectivity index (χ4v) is 3.92. The van der Waals surface area contributed by atoms with Crippen LogP contribution in [0.4, 0.5) is 0 Å². The van der Waals surface area contributed by atoms with Gasteiger partial charge in [-0.05, 0) is 38.1 Å². The van der Waals surface area contributed by atoms with Gasteiger partial charge in [0, 0.05) is 19.5 Å². The van der Waals surface area contributed by atoms with Crippen molar-refractivity contribution >= 4 is 15.7 Å². The van der Waals surface area contributed by atoms with Gasteiger partial charge in [-0.2, -0.15) is 0 Å². The lowest BCUT2D eigenvalue weighted by Crippen LogP contribution is -2.41. The van der Waals surface area contributed by atoms with E-state index in [1.807, 2.05) is 6.07 Å². The Hall–Kier alpha value is -1.40. The number of amides is 1. The summed E-state index contributed by atoms with van der Waals surface area (Å²) >= 11 is 0. The van der Waals surface area contributed by atoms with Crippen LogP contribution >= 0.6 is 0 Å². The van der Waals surface area contributed by atoms with Crippen molar-refractivity contribution in [1.82, 2.24) is 10.2 Å². The molecule has 1 aromatic rings. The van der Waals surface area contributed by atoms with Gasteiger partial charge in [-0.1, -0.05) is 18.2 Å². The molecule has 0 unspecified atom stereocenters. The Balaban J connectivity index is 1.84. The van der Waals surface area contributed by atoms with E-state index in [9.17, 15) is 13.2 Å². The molecule has 1 heterocycles. The zero-order valence-corrected chi connectivity index (χ0v) is 13.1. The number of piperidine rings is 1. The van der Waals surface area contributed by atoms with E-state index in [0.717, 1.165) is 25.9 Å². The minimum atomic E-state index is -3.22. The summed E-state index contributed by atoms with van der Waals surface area (Å²) in [7, 11) is -1.56. The molecule has 0 bridgehead atoms. The first kappa shape index (κ1) is 16.0. The summed E-state index contributed by atoms with van der Waals surface area (Å²) in [5.41, 5.74) is 0. The molecule has 0 saturated carbocycles. The van der Waals surface area contributed by atoms with Crippen LogP contribution in [0.25, 0.3) is 0 Å². The van der Waals surface area contributed by atoms with Gasteiger partial charge in [0.1, 0.15) is 0 Å². The molecule has 1 fully saturated rings. The zero-order valence-electron chi connectivity index (χ0n) is 12.3. The second-order valence-electron chi connectivity index (χ2n) is 5.36. The SMILES string of the molecule is CNC(=O)C1CCN(CCS(=O)(=O)c2ccccc2)CC1. The van der Waals surface area contributed by atoms with Crippen molar-refractivity contribution in [2.45, 2.75) is 17.7 Å². The molecule has 6 heteroatoms. The zero-order chi connectivity index (χ0) is 15.3. The lowest BCUT2D eigenvalue weighted by molar-refractivity contribution is -0.125. The Morgan fingerprint density at radius 1 is 1.24 bits per heavy atom. The monoisotopic (exact) mass is 310 g/mol. The minimum Gasteiger partial charge on any atom is -0.359 e. The largest absolute Gasteiger partial charge is 0.359 e. The van der Waals surface area contributed by atoms with Crippen LogP contribution < -0.4 is 5.32 Å². The number of nitrogens with one attached hydrogen (secondary N) is 1. The van der Waals surface area contributed by atoms with Gasteiger partial charge >= 0.3 is 0 Å². The highest BCUT2D eigenvalue weighted by Gasteiger charge is 2.25. The lowest BCUT2D eigenvalue weighted by atomic mass is 9.96. The molecule has 0 aliphatic carbocycles. The average Bonchev–Trinajstić information content (AvgIpc) is 2.53. The quantitative estimate of drug-likeness (QED) is 0.878. The van der Waals surface area contributed by atoms with E-state index in [2.05, 4.69) is 10.2 Å². The minimum absolute atomic E-state index is 0.0666. The first-order chi connectivity index (χ1) is 10.0. The number of hydrogen-bond acceptors (Lipinski definition) is 4.